The number of aromatic nitrogens is 5. The minimum atomic E-state index is -0.203. The van der Waals surface area contributed by atoms with E-state index < -0.39 is 0 Å². The summed E-state index contributed by atoms with van der Waals surface area (Å²) < 4.78 is 3.25. The van der Waals surface area contributed by atoms with Crippen LogP contribution in [0.3, 0.4) is 0 Å². The van der Waals surface area contributed by atoms with Crippen LogP contribution < -0.4 is 5.32 Å². The van der Waals surface area contributed by atoms with Crippen molar-refractivity contribution in [2.24, 2.45) is 7.05 Å². The lowest BCUT2D eigenvalue weighted by Crippen LogP contribution is -2.21. The van der Waals surface area contributed by atoms with Gasteiger partial charge >= 0.3 is 0 Å². The van der Waals surface area contributed by atoms with Crippen LogP contribution in [-0.4, -0.2) is 37.3 Å². The van der Waals surface area contributed by atoms with Crippen LogP contribution in [0.2, 0.25) is 0 Å². The normalized spacial score (nSPS) is 10.9. The largest absolute Gasteiger partial charge is 0.354 e. The quantitative estimate of drug-likeness (QED) is 0.747. The number of fused-ring (bicyclic) bond motifs is 1. The van der Waals surface area contributed by atoms with E-state index in [2.05, 4.69) is 20.5 Å². The molecule has 0 fully saturated rings. The van der Waals surface area contributed by atoms with Crippen molar-refractivity contribution in [2.75, 3.05) is 7.05 Å². The number of hydrogen-bond donors (Lipinski definition) is 1. The third kappa shape index (κ3) is 1.83. The van der Waals surface area contributed by atoms with Gasteiger partial charge in [-0.15, -0.1) is 0 Å². The highest BCUT2D eigenvalue weighted by Crippen LogP contribution is 2.20. The molecular formula is C13H14N6O. The fraction of sp³-hybridized carbons (Fsp3) is 0.231. The Hall–Kier alpha value is -2.70. The molecule has 1 N–H and O–H groups in total. The molecule has 0 aliphatic rings. The van der Waals surface area contributed by atoms with Gasteiger partial charge in [-0.2, -0.15) is 10.2 Å². The van der Waals surface area contributed by atoms with Crippen molar-refractivity contribution in [3.63, 3.8) is 0 Å². The molecule has 0 spiro atoms. The lowest BCUT2D eigenvalue weighted by Gasteiger charge is -2.06. The molecule has 1 amide bonds. The molecule has 3 heterocycles. The van der Waals surface area contributed by atoms with E-state index in [4.69, 9.17) is 0 Å². The van der Waals surface area contributed by atoms with Crippen molar-refractivity contribution in [3.8, 4) is 11.3 Å². The summed E-state index contributed by atoms with van der Waals surface area (Å²) in [5.74, 6) is -0.203. The zero-order valence-corrected chi connectivity index (χ0v) is 11.5. The molecule has 0 aliphatic carbocycles. The summed E-state index contributed by atoms with van der Waals surface area (Å²) in [4.78, 5) is 16.6. The first-order valence-electron chi connectivity index (χ1n) is 6.16. The fourth-order valence-corrected chi connectivity index (χ4v) is 2.06. The van der Waals surface area contributed by atoms with Gasteiger partial charge in [0.25, 0.3) is 5.91 Å². The van der Waals surface area contributed by atoms with Crippen LogP contribution in [0.15, 0.2) is 24.7 Å². The van der Waals surface area contributed by atoms with E-state index in [1.54, 1.807) is 34.7 Å². The molecule has 0 aliphatic heterocycles. The molecule has 0 aromatic carbocycles. The average molecular weight is 270 g/mol. The second kappa shape index (κ2) is 4.44. The Kier molecular flexibility index (Phi) is 2.74. The van der Waals surface area contributed by atoms with Gasteiger partial charge in [0.15, 0.2) is 5.65 Å². The number of aryl methyl sites for hydroxylation is 2. The van der Waals surface area contributed by atoms with Crippen molar-refractivity contribution in [3.05, 3.63) is 35.9 Å². The van der Waals surface area contributed by atoms with Gasteiger partial charge in [-0.3, -0.25) is 9.48 Å². The molecule has 0 radical (unpaired) electrons. The highest BCUT2D eigenvalue weighted by Gasteiger charge is 2.15. The van der Waals surface area contributed by atoms with Crippen LogP contribution in [0.1, 0.15) is 16.1 Å². The number of nitrogens with zero attached hydrogens (tertiary/aromatic N) is 5. The molecule has 0 atom stereocenters. The van der Waals surface area contributed by atoms with Crippen LogP contribution in [0.4, 0.5) is 0 Å². The first-order chi connectivity index (χ1) is 9.60. The van der Waals surface area contributed by atoms with Crippen LogP contribution in [-0.2, 0) is 7.05 Å². The average Bonchev–Trinajstić information content (AvgIpc) is 3.04. The van der Waals surface area contributed by atoms with E-state index in [0.717, 1.165) is 11.1 Å². The molecular weight excluding hydrogens is 256 g/mol. The van der Waals surface area contributed by atoms with Crippen molar-refractivity contribution < 1.29 is 4.79 Å². The maximum atomic E-state index is 12.0. The standard InChI is InChI=1S/C13H14N6O/c1-8-5-16-19-11(13(20)14-2)4-10(17-12(8)19)9-6-15-18(3)7-9/h4-7H,1-3H3,(H,14,20). The number of hydrogen-bond acceptors (Lipinski definition) is 4. The van der Waals surface area contributed by atoms with Gasteiger partial charge in [0.2, 0.25) is 0 Å². The molecule has 0 saturated heterocycles. The van der Waals surface area contributed by atoms with Gasteiger partial charge in [-0.1, -0.05) is 0 Å². The van der Waals surface area contributed by atoms with Crippen LogP contribution >= 0.6 is 0 Å². The Morgan fingerprint density at radius 2 is 2.10 bits per heavy atom. The molecule has 3 aromatic heterocycles. The zero-order chi connectivity index (χ0) is 14.3. The predicted molar refractivity (Wildman–Crippen MR) is 73.3 cm³/mol. The van der Waals surface area contributed by atoms with E-state index in [9.17, 15) is 4.79 Å². The SMILES string of the molecule is CNC(=O)c1cc(-c2cnn(C)c2)nc2c(C)cnn12. The van der Waals surface area contributed by atoms with Crippen molar-refractivity contribution in [2.45, 2.75) is 6.92 Å². The summed E-state index contributed by atoms with van der Waals surface area (Å²) in [5, 5.41) is 10.9. The van der Waals surface area contributed by atoms with Crippen LogP contribution in [0.5, 0.6) is 0 Å². The van der Waals surface area contributed by atoms with Gasteiger partial charge in [-0.25, -0.2) is 9.50 Å². The smallest absolute Gasteiger partial charge is 0.269 e. The first-order valence-corrected chi connectivity index (χ1v) is 6.16. The molecule has 7 nitrogen and oxygen atoms in total. The molecule has 7 heteroatoms. The topological polar surface area (TPSA) is 77.1 Å². The van der Waals surface area contributed by atoms with Crippen molar-refractivity contribution >= 4 is 11.6 Å². The summed E-state index contributed by atoms with van der Waals surface area (Å²) in [6.07, 6.45) is 5.28. The second-order valence-corrected chi connectivity index (χ2v) is 4.57. The number of nitrogens with one attached hydrogen (secondary N) is 1. The molecule has 20 heavy (non-hydrogen) atoms. The zero-order valence-electron chi connectivity index (χ0n) is 11.5. The van der Waals surface area contributed by atoms with E-state index in [-0.39, 0.29) is 5.91 Å². The predicted octanol–water partition coefficient (Wildman–Crippen LogP) is 0.798. The van der Waals surface area contributed by atoms with Crippen molar-refractivity contribution in [1.29, 1.82) is 0 Å². The highest BCUT2D eigenvalue weighted by atomic mass is 16.1. The van der Waals surface area contributed by atoms with Gasteiger partial charge in [0.05, 0.1) is 18.1 Å². The van der Waals surface area contributed by atoms with Crippen LogP contribution in [0.25, 0.3) is 16.9 Å². The van der Waals surface area contributed by atoms with E-state index >= 15 is 0 Å². The number of amides is 1. The maximum absolute atomic E-state index is 12.0. The monoisotopic (exact) mass is 270 g/mol. The minimum Gasteiger partial charge on any atom is -0.354 e. The lowest BCUT2D eigenvalue weighted by atomic mass is 10.2. The molecule has 0 unspecified atom stereocenters. The molecule has 3 aromatic rings. The lowest BCUT2D eigenvalue weighted by molar-refractivity contribution is 0.0955. The summed E-state index contributed by atoms with van der Waals surface area (Å²) in [6.45, 7) is 1.91. The Bertz CT molecular complexity index is 800. The Labute approximate surface area is 115 Å². The maximum Gasteiger partial charge on any atom is 0.269 e. The summed E-state index contributed by atoms with van der Waals surface area (Å²) >= 11 is 0. The van der Waals surface area contributed by atoms with E-state index in [1.165, 1.54) is 0 Å². The Morgan fingerprint density at radius 3 is 2.75 bits per heavy atom. The highest BCUT2D eigenvalue weighted by molar-refractivity contribution is 5.94. The van der Waals surface area contributed by atoms with E-state index in [0.29, 0.717) is 17.0 Å². The third-order valence-corrected chi connectivity index (χ3v) is 3.11. The summed E-state index contributed by atoms with van der Waals surface area (Å²) in [6, 6.07) is 1.72. The fourth-order valence-electron chi connectivity index (χ4n) is 2.06. The van der Waals surface area contributed by atoms with Crippen LogP contribution in [0, 0.1) is 6.92 Å². The number of carbonyl (C=O) groups is 1. The Morgan fingerprint density at radius 1 is 1.30 bits per heavy atom. The van der Waals surface area contributed by atoms with E-state index in [1.807, 2.05) is 20.2 Å². The van der Waals surface area contributed by atoms with Crippen molar-refractivity contribution in [1.82, 2.24) is 29.7 Å². The summed E-state index contributed by atoms with van der Waals surface area (Å²) in [7, 11) is 3.43. The minimum absolute atomic E-state index is 0.203. The number of carbonyl (C=O) groups excluding carboxylic acids is 1. The molecule has 0 bridgehead atoms. The van der Waals surface area contributed by atoms with Gasteiger partial charge < -0.3 is 5.32 Å². The first kappa shape index (κ1) is 12.3. The Balaban J connectivity index is 2.29. The number of rotatable bonds is 2. The van der Waals surface area contributed by atoms with Gasteiger partial charge in [0.1, 0.15) is 5.69 Å². The third-order valence-electron chi connectivity index (χ3n) is 3.11. The summed E-state index contributed by atoms with van der Waals surface area (Å²) in [5.41, 5.74) is 3.60. The second-order valence-electron chi connectivity index (χ2n) is 4.57. The molecule has 3 rings (SSSR count). The van der Waals surface area contributed by atoms with Gasteiger partial charge in [-0.05, 0) is 13.0 Å². The molecule has 102 valence electrons. The van der Waals surface area contributed by atoms with Gasteiger partial charge in [0, 0.05) is 31.4 Å². The molecule has 0 saturated carbocycles.